The summed E-state index contributed by atoms with van der Waals surface area (Å²) >= 11 is 0. The van der Waals surface area contributed by atoms with E-state index in [2.05, 4.69) is 156 Å². The van der Waals surface area contributed by atoms with Gasteiger partial charge in [-0.25, -0.2) is 0 Å². The second-order valence-electron chi connectivity index (χ2n) is 13.7. The second-order valence-corrected chi connectivity index (χ2v) is 13.7. The van der Waals surface area contributed by atoms with Crippen LogP contribution in [0.1, 0.15) is 226 Å². The maximum atomic E-state index is 10.1. The molecule has 0 heterocycles. The molecule has 1 aliphatic carbocycles. The van der Waals surface area contributed by atoms with Gasteiger partial charge in [0.05, 0.1) is 0 Å². The van der Waals surface area contributed by atoms with Crippen molar-refractivity contribution in [2.24, 2.45) is 11.8 Å². The van der Waals surface area contributed by atoms with Crippen LogP contribution in [-0.4, -0.2) is 26.7 Å². The number of hydrogen-bond donors (Lipinski definition) is 1. The van der Waals surface area contributed by atoms with Crippen molar-refractivity contribution < 1.29 is 9.53 Å². The molecule has 0 radical (unpaired) electrons. The summed E-state index contributed by atoms with van der Waals surface area (Å²) in [5.41, 5.74) is 4.16. The van der Waals surface area contributed by atoms with Crippen molar-refractivity contribution in [2.45, 2.75) is 220 Å². The molecule has 2 unspecified atom stereocenters. The van der Waals surface area contributed by atoms with Crippen molar-refractivity contribution in [2.75, 3.05) is 20.8 Å². The number of rotatable bonds is 14. The lowest BCUT2D eigenvalue weighted by atomic mass is 10.1. The molecule has 0 spiro atoms. The highest BCUT2D eigenvalue weighted by molar-refractivity contribution is 5.75. The first-order valence-electron chi connectivity index (χ1n) is 22.9. The van der Waals surface area contributed by atoms with Crippen LogP contribution in [0.4, 0.5) is 0 Å². The molecule has 1 N–H and O–H groups in total. The van der Waals surface area contributed by atoms with Gasteiger partial charge in [0, 0.05) is 33.6 Å². The normalized spacial score (nSPS) is 13.1. The number of unbranched alkanes of at least 4 members (excludes halogenated alkanes) is 6. The van der Waals surface area contributed by atoms with Gasteiger partial charge in [-0.1, -0.05) is 201 Å². The summed E-state index contributed by atoms with van der Waals surface area (Å²) in [4.78, 5) is 10.1. The van der Waals surface area contributed by atoms with Gasteiger partial charge in [0.1, 0.15) is 0 Å². The summed E-state index contributed by atoms with van der Waals surface area (Å²) in [6.07, 6.45) is 28.5. The van der Waals surface area contributed by atoms with E-state index < -0.39 is 0 Å². The van der Waals surface area contributed by atoms with Gasteiger partial charge in [-0.2, -0.15) is 0 Å². The molecule has 2 rings (SSSR count). The van der Waals surface area contributed by atoms with E-state index in [1.54, 1.807) is 14.2 Å². The highest BCUT2D eigenvalue weighted by Gasteiger charge is 2.29. The van der Waals surface area contributed by atoms with Gasteiger partial charge < -0.3 is 10.1 Å². The van der Waals surface area contributed by atoms with Crippen molar-refractivity contribution in [1.29, 1.82) is 0 Å². The summed E-state index contributed by atoms with van der Waals surface area (Å²) in [5, 5.41) is 2.48. The van der Waals surface area contributed by atoms with E-state index in [-0.39, 0.29) is 5.91 Å². The van der Waals surface area contributed by atoms with E-state index in [0.29, 0.717) is 6.42 Å². The average Bonchev–Trinajstić information content (AvgIpc) is 3.96. The number of nitrogens with one attached hydrogen (secondary N) is 1. The molecule has 2 atom stereocenters. The third kappa shape index (κ3) is 80.0. The Kier molecular flexibility index (Phi) is 81.7. The fourth-order valence-electron chi connectivity index (χ4n) is 4.03. The van der Waals surface area contributed by atoms with Crippen LogP contribution >= 0.6 is 0 Å². The van der Waals surface area contributed by atoms with Gasteiger partial charge in [0.15, 0.2) is 0 Å². The third-order valence-electron chi connectivity index (χ3n) is 8.38. The molecule has 0 aliphatic heterocycles. The van der Waals surface area contributed by atoms with Crippen LogP contribution in [-0.2, 0) is 9.53 Å². The van der Waals surface area contributed by atoms with Gasteiger partial charge in [0.25, 0.3) is 0 Å². The quantitative estimate of drug-likeness (QED) is 0.116. The van der Waals surface area contributed by atoms with Gasteiger partial charge in [-0.15, -0.1) is 11.8 Å². The lowest BCUT2D eigenvalue weighted by molar-refractivity contribution is -0.120. The van der Waals surface area contributed by atoms with Gasteiger partial charge in [-0.05, 0) is 89.7 Å². The van der Waals surface area contributed by atoms with Crippen molar-refractivity contribution in [1.82, 2.24) is 5.32 Å². The largest absolute Gasteiger partial charge is 0.385 e. The molecule has 1 aliphatic rings. The zero-order valence-corrected chi connectivity index (χ0v) is 41.7. The molecule has 1 amide bonds. The van der Waals surface area contributed by atoms with Gasteiger partial charge in [-0.3, -0.25) is 4.79 Å². The molecular formula is C53H103NO2. The Bertz CT molecular complexity index is 938. The van der Waals surface area contributed by atoms with Crippen molar-refractivity contribution in [3.8, 4) is 11.8 Å². The molecule has 3 nitrogen and oxygen atoms in total. The minimum absolute atomic E-state index is 0.0926. The Hall–Kier alpha value is -2.57. The summed E-state index contributed by atoms with van der Waals surface area (Å²) < 4.78 is 4.78. The van der Waals surface area contributed by atoms with Crippen molar-refractivity contribution in [3.05, 3.63) is 65.8 Å². The molecule has 332 valence electrons. The predicted molar refractivity (Wildman–Crippen MR) is 263 cm³/mol. The van der Waals surface area contributed by atoms with Crippen LogP contribution in [0.15, 0.2) is 60.2 Å². The number of methoxy groups -OCH3 is 1. The standard InChI is InChI=1S/C11H14.2C6H12.C6H14.C5H12O.C5H12.C5H10.C5H8.C4H9NO/c1-3-7-10(2)11-8-5-4-6-9-11;1-3-6-4-5(6)2;1-4-6(3)5-2;1-3-5-6-4-2;1-3-4-5-6-2;3*1-3-5-4-2;1-3-4(6)5-2/h4-9H,3H2,1-2H3;5-6H,3-4H2,1-2H3;4H,5H2,1-3H3;3-6H2,1-2H3;3-5H2,1-2H3;3-5H2,1-2H3;3,5H,4H2,1-2H3;3H2,1-2H3;3H2,1-2H3,(H,5,6)/b10-7-;;6-4+;;;;5-3+;;. The lowest BCUT2D eigenvalue weighted by Crippen LogP contribution is -2.15. The molecule has 0 bridgehead atoms. The van der Waals surface area contributed by atoms with Crippen LogP contribution in [0, 0.1) is 23.7 Å². The monoisotopic (exact) mass is 786 g/mol. The van der Waals surface area contributed by atoms with Crippen LogP contribution in [0.3, 0.4) is 0 Å². The summed E-state index contributed by atoms with van der Waals surface area (Å²) in [5.74, 6) is 7.89. The number of benzene rings is 1. The second kappa shape index (κ2) is 67.2. The number of carbonyl (C=O) groups is 1. The fourth-order valence-corrected chi connectivity index (χ4v) is 4.03. The smallest absolute Gasteiger partial charge is 0.219 e. The van der Waals surface area contributed by atoms with E-state index in [0.717, 1.165) is 37.7 Å². The number of allylic oxidation sites excluding steroid dienone is 6. The Morgan fingerprint density at radius 3 is 1.43 bits per heavy atom. The Morgan fingerprint density at radius 2 is 1.29 bits per heavy atom. The Balaban J connectivity index is -0.0000000980. The van der Waals surface area contributed by atoms with Crippen LogP contribution in [0.25, 0.3) is 5.57 Å². The number of carbonyl (C=O) groups excluding carboxylic acids is 1. The van der Waals surface area contributed by atoms with E-state index in [4.69, 9.17) is 4.74 Å². The number of hydrogen-bond acceptors (Lipinski definition) is 2. The number of amides is 1. The van der Waals surface area contributed by atoms with Crippen molar-refractivity contribution in [3.63, 3.8) is 0 Å². The third-order valence-corrected chi connectivity index (χ3v) is 8.38. The molecule has 1 saturated carbocycles. The van der Waals surface area contributed by atoms with E-state index in [1.807, 2.05) is 33.8 Å². The fraction of sp³-hybridized carbons (Fsp3) is 0.717. The first-order chi connectivity index (χ1) is 26.9. The van der Waals surface area contributed by atoms with E-state index >= 15 is 0 Å². The Labute approximate surface area is 355 Å². The van der Waals surface area contributed by atoms with Gasteiger partial charge >= 0.3 is 0 Å². The molecule has 1 fully saturated rings. The zero-order chi connectivity index (χ0) is 44.7. The lowest BCUT2D eigenvalue weighted by Gasteiger charge is -1.98. The molecular weight excluding hydrogens is 683 g/mol. The number of ether oxygens (including phenoxy) is 1. The first-order valence-corrected chi connectivity index (χ1v) is 22.9. The molecule has 56 heavy (non-hydrogen) atoms. The summed E-state index contributed by atoms with van der Waals surface area (Å²) in [7, 11) is 3.36. The molecule has 3 heteroatoms. The van der Waals surface area contributed by atoms with Crippen LogP contribution < -0.4 is 5.32 Å². The minimum Gasteiger partial charge on any atom is -0.385 e. The zero-order valence-electron chi connectivity index (χ0n) is 41.7. The molecule has 0 saturated heterocycles. The van der Waals surface area contributed by atoms with Crippen LogP contribution in [0.2, 0.25) is 0 Å². The molecule has 0 aromatic heterocycles. The SMILES string of the molecule is C/C=C(\C)CC.C/C=C/CC.CC#CCC.CC/C=C(/C)c1ccccc1.CCC(=O)NC.CCC1CC1C.CCCCC.CCCCCC.CCCCOC. The predicted octanol–water partition coefficient (Wildman–Crippen LogP) is 17.7. The minimum atomic E-state index is 0.0926. The summed E-state index contributed by atoms with van der Waals surface area (Å²) in [6, 6.07) is 10.5. The maximum absolute atomic E-state index is 10.1. The van der Waals surface area contributed by atoms with Gasteiger partial charge in [0.2, 0.25) is 5.91 Å². The van der Waals surface area contributed by atoms with Crippen molar-refractivity contribution >= 4 is 11.5 Å². The average molecular weight is 786 g/mol. The Morgan fingerprint density at radius 1 is 0.786 bits per heavy atom. The molecule has 1 aromatic carbocycles. The van der Waals surface area contributed by atoms with E-state index in [9.17, 15) is 4.79 Å². The highest BCUT2D eigenvalue weighted by Crippen LogP contribution is 2.39. The summed E-state index contributed by atoms with van der Waals surface area (Å²) in [6.45, 7) is 37.1. The van der Waals surface area contributed by atoms with E-state index in [1.165, 1.54) is 93.8 Å². The first kappa shape index (κ1) is 68.1. The highest BCUT2D eigenvalue weighted by atomic mass is 16.5. The molecule has 1 aromatic rings. The van der Waals surface area contributed by atoms with Crippen LogP contribution in [0.5, 0.6) is 0 Å². The maximum Gasteiger partial charge on any atom is 0.219 e. The topological polar surface area (TPSA) is 38.3 Å².